The number of anilines is 1. The van der Waals surface area contributed by atoms with E-state index < -0.39 is 0 Å². The Hall–Kier alpha value is -1.88. The summed E-state index contributed by atoms with van der Waals surface area (Å²) in [5.41, 5.74) is 3.71. The minimum atomic E-state index is -0.0615. The Morgan fingerprint density at radius 1 is 1.29 bits per heavy atom. The van der Waals surface area contributed by atoms with Gasteiger partial charge in [-0.1, -0.05) is 6.07 Å². The van der Waals surface area contributed by atoms with E-state index in [9.17, 15) is 4.79 Å². The van der Waals surface area contributed by atoms with Crippen molar-refractivity contribution < 1.29 is 4.79 Å². The second-order valence-electron chi connectivity index (χ2n) is 5.11. The zero-order valence-electron chi connectivity index (χ0n) is 13.1. The molecule has 4 nitrogen and oxygen atoms in total. The molecular formula is C16H21N3OS. The highest BCUT2D eigenvalue weighted by Crippen LogP contribution is 2.29. The van der Waals surface area contributed by atoms with E-state index in [0.717, 1.165) is 22.0 Å². The van der Waals surface area contributed by atoms with Gasteiger partial charge in [-0.3, -0.25) is 4.79 Å². The van der Waals surface area contributed by atoms with Gasteiger partial charge >= 0.3 is 0 Å². The number of carbonyl (C=O) groups excluding carboxylic acids is 1. The third-order valence-corrected chi connectivity index (χ3v) is 4.77. The summed E-state index contributed by atoms with van der Waals surface area (Å²) < 4.78 is 0. The lowest BCUT2D eigenvalue weighted by Crippen LogP contribution is -2.19. The third kappa shape index (κ3) is 3.24. The molecular weight excluding hydrogens is 282 g/mol. The Bertz CT molecular complexity index is 664. The summed E-state index contributed by atoms with van der Waals surface area (Å²) >= 11 is 1.71. The van der Waals surface area contributed by atoms with Crippen molar-refractivity contribution in [3.05, 3.63) is 44.9 Å². The van der Waals surface area contributed by atoms with Crippen molar-refractivity contribution in [3.8, 4) is 0 Å². The smallest absolute Gasteiger partial charge is 0.251 e. The van der Waals surface area contributed by atoms with Crippen LogP contribution in [0.1, 0.15) is 44.5 Å². The second kappa shape index (κ2) is 6.26. The molecule has 0 spiro atoms. The molecule has 1 unspecified atom stereocenters. The lowest BCUT2D eigenvalue weighted by atomic mass is 10.1. The van der Waals surface area contributed by atoms with E-state index in [1.54, 1.807) is 18.4 Å². The lowest BCUT2D eigenvalue weighted by Gasteiger charge is -2.18. The molecule has 1 amide bonds. The standard InChI is InChI=1S/C16H21N3OS/c1-9-13(16(20)17-5)7-6-8-14(9)19-11(3)15-10(2)18-12(4)21-15/h6-8,11,19H,1-5H3,(H,17,20). The van der Waals surface area contributed by atoms with Gasteiger partial charge in [0.1, 0.15) is 0 Å². The second-order valence-corrected chi connectivity index (χ2v) is 6.34. The first-order chi connectivity index (χ1) is 9.93. The zero-order valence-corrected chi connectivity index (χ0v) is 13.9. The van der Waals surface area contributed by atoms with Crippen LogP contribution in [0.5, 0.6) is 0 Å². The normalized spacial score (nSPS) is 12.0. The topological polar surface area (TPSA) is 54.0 Å². The lowest BCUT2D eigenvalue weighted by molar-refractivity contribution is 0.0962. The van der Waals surface area contributed by atoms with Crippen LogP contribution in [-0.4, -0.2) is 17.9 Å². The number of carbonyl (C=O) groups is 1. The van der Waals surface area contributed by atoms with Crippen LogP contribution >= 0.6 is 11.3 Å². The summed E-state index contributed by atoms with van der Waals surface area (Å²) in [6, 6.07) is 5.90. The van der Waals surface area contributed by atoms with E-state index in [1.807, 2.05) is 39.0 Å². The fraction of sp³-hybridized carbons (Fsp3) is 0.375. The average Bonchev–Trinajstić information content (AvgIpc) is 2.79. The van der Waals surface area contributed by atoms with Crippen molar-refractivity contribution in [2.24, 2.45) is 0 Å². The van der Waals surface area contributed by atoms with Crippen LogP contribution in [0.15, 0.2) is 18.2 Å². The molecule has 1 aromatic carbocycles. The number of hydrogen-bond acceptors (Lipinski definition) is 4. The number of amides is 1. The van der Waals surface area contributed by atoms with Gasteiger partial charge in [0.25, 0.3) is 5.91 Å². The number of nitrogens with one attached hydrogen (secondary N) is 2. The van der Waals surface area contributed by atoms with Crippen molar-refractivity contribution in [2.45, 2.75) is 33.7 Å². The summed E-state index contributed by atoms with van der Waals surface area (Å²) in [6.07, 6.45) is 0. The molecule has 0 bridgehead atoms. The highest BCUT2D eigenvalue weighted by atomic mass is 32.1. The van der Waals surface area contributed by atoms with Crippen LogP contribution in [0.25, 0.3) is 0 Å². The van der Waals surface area contributed by atoms with Gasteiger partial charge in [-0.05, 0) is 45.4 Å². The zero-order chi connectivity index (χ0) is 15.6. The molecule has 2 N–H and O–H groups in total. The molecule has 1 atom stereocenters. The van der Waals surface area contributed by atoms with Gasteiger partial charge in [-0.2, -0.15) is 0 Å². The highest BCUT2D eigenvalue weighted by molar-refractivity contribution is 7.11. The Kier molecular flexibility index (Phi) is 4.63. The van der Waals surface area contributed by atoms with Gasteiger partial charge in [0, 0.05) is 23.2 Å². The summed E-state index contributed by atoms with van der Waals surface area (Å²) in [6.45, 7) is 8.13. The maximum Gasteiger partial charge on any atom is 0.251 e. The van der Waals surface area contributed by atoms with Crippen molar-refractivity contribution in [1.29, 1.82) is 0 Å². The van der Waals surface area contributed by atoms with Crippen LogP contribution in [0.4, 0.5) is 5.69 Å². The summed E-state index contributed by atoms with van der Waals surface area (Å²) in [5.74, 6) is -0.0615. The molecule has 1 heterocycles. The minimum absolute atomic E-state index is 0.0615. The molecule has 0 aliphatic carbocycles. The Labute approximate surface area is 129 Å². The third-order valence-electron chi connectivity index (χ3n) is 3.51. The van der Waals surface area contributed by atoms with E-state index in [4.69, 9.17) is 0 Å². The van der Waals surface area contributed by atoms with E-state index in [1.165, 1.54) is 4.88 Å². The average molecular weight is 303 g/mol. The van der Waals surface area contributed by atoms with E-state index in [-0.39, 0.29) is 11.9 Å². The maximum atomic E-state index is 11.9. The fourth-order valence-electron chi connectivity index (χ4n) is 2.42. The van der Waals surface area contributed by atoms with Gasteiger partial charge in [0.2, 0.25) is 0 Å². The van der Waals surface area contributed by atoms with Crippen molar-refractivity contribution in [3.63, 3.8) is 0 Å². The van der Waals surface area contributed by atoms with Gasteiger partial charge in [-0.15, -0.1) is 11.3 Å². The van der Waals surface area contributed by atoms with Gasteiger partial charge < -0.3 is 10.6 Å². The van der Waals surface area contributed by atoms with Gasteiger partial charge in [0.15, 0.2) is 0 Å². The van der Waals surface area contributed by atoms with Gasteiger partial charge in [-0.25, -0.2) is 4.98 Å². The first kappa shape index (κ1) is 15.5. The Morgan fingerprint density at radius 2 is 2.00 bits per heavy atom. The van der Waals surface area contributed by atoms with Crippen LogP contribution in [0.2, 0.25) is 0 Å². The largest absolute Gasteiger partial charge is 0.377 e. The summed E-state index contributed by atoms with van der Waals surface area (Å²) in [7, 11) is 1.65. The molecule has 2 aromatic rings. The summed E-state index contributed by atoms with van der Waals surface area (Å²) in [4.78, 5) is 17.6. The Balaban J connectivity index is 2.27. The monoisotopic (exact) mass is 303 g/mol. The van der Waals surface area contributed by atoms with Crippen molar-refractivity contribution >= 4 is 22.9 Å². The quantitative estimate of drug-likeness (QED) is 0.907. The first-order valence-corrected chi connectivity index (χ1v) is 7.77. The van der Waals surface area contributed by atoms with Crippen molar-refractivity contribution in [2.75, 3.05) is 12.4 Å². The van der Waals surface area contributed by atoms with E-state index in [0.29, 0.717) is 5.56 Å². The molecule has 5 heteroatoms. The summed E-state index contributed by atoms with van der Waals surface area (Å²) in [5, 5.41) is 7.24. The molecule has 0 aliphatic rings. The minimum Gasteiger partial charge on any atom is -0.377 e. The molecule has 2 rings (SSSR count). The SMILES string of the molecule is CNC(=O)c1cccc(NC(C)c2sc(C)nc2C)c1C. The van der Waals surface area contributed by atoms with Crippen LogP contribution in [0.3, 0.4) is 0 Å². The van der Waals surface area contributed by atoms with Crippen LogP contribution in [0, 0.1) is 20.8 Å². The predicted octanol–water partition coefficient (Wildman–Crippen LogP) is 3.60. The molecule has 0 saturated carbocycles. The van der Waals surface area contributed by atoms with Crippen molar-refractivity contribution in [1.82, 2.24) is 10.3 Å². The number of rotatable bonds is 4. The molecule has 0 radical (unpaired) electrons. The molecule has 0 fully saturated rings. The number of benzene rings is 1. The maximum absolute atomic E-state index is 11.9. The number of thiazole rings is 1. The van der Waals surface area contributed by atoms with Crippen LogP contribution < -0.4 is 10.6 Å². The molecule has 0 aliphatic heterocycles. The van der Waals surface area contributed by atoms with E-state index >= 15 is 0 Å². The molecule has 0 saturated heterocycles. The van der Waals surface area contributed by atoms with E-state index in [2.05, 4.69) is 22.5 Å². The number of aryl methyl sites for hydroxylation is 2. The first-order valence-electron chi connectivity index (χ1n) is 6.96. The predicted molar refractivity (Wildman–Crippen MR) is 88.2 cm³/mol. The molecule has 112 valence electrons. The molecule has 1 aromatic heterocycles. The van der Waals surface area contributed by atoms with Crippen LogP contribution in [-0.2, 0) is 0 Å². The number of nitrogens with zero attached hydrogens (tertiary/aromatic N) is 1. The molecule has 21 heavy (non-hydrogen) atoms. The fourth-order valence-corrected chi connectivity index (χ4v) is 3.35. The number of aromatic nitrogens is 1. The number of hydrogen-bond donors (Lipinski definition) is 2. The van der Waals surface area contributed by atoms with Gasteiger partial charge in [0.05, 0.1) is 16.7 Å². The highest BCUT2D eigenvalue weighted by Gasteiger charge is 2.15. The Morgan fingerprint density at radius 3 is 2.57 bits per heavy atom.